The van der Waals surface area contributed by atoms with Gasteiger partial charge in [0.15, 0.2) is 0 Å². The summed E-state index contributed by atoms with van der Waals surface area (Å²) in [6.07, 6.45) is 6.55. The first-order valence-electron chi connectivity index (χ1n) is 8.28. The lowest BCUT2D eigenvalue weighted by Crippen LogP contribution is -2.50. The van der Waals surface area contributed by atoms with Crippen molar-refractivity contribution in [1.82, 2.24) is 5.32 Å². The van der Waals surface area contributed by atoms with E-state index in [9.17, 15) is 0 Å². The number of hydrogen-bond acceptors (Lipinski definition) is 4. The SMILES string of the molecule is CCC1OCCC1C(NC)C1CCOC2(CCSC2)C1. The van der Waals surface area contributed by atoms with Gasteiger partial charge in [0, 0.05) is 30.9 Å². The molecule has 0 aromatic heterocycles. The topological polar surface area (TPSA) is 30.5 Å². The highest BCUT2D eigenvalue weighted by molar-refractivity contribution is 7.99. The van der Waals surface area contributed by atoms with Gasteiger partial charge in [-0.2, -0.15) is 11.8 Å². The van der Waals surface area contributed by atoms with Gasteiger partial charge in [0.1, 0.15) is 0 Å². The molecule has 1 spiro atoms. The van der Waals surface area contributed by atoms with Gasteiger partial charge in [-0.25, -0.2) is 0 Å². The molecule has 0 saturated carbocycles. The molecule has 0 bridgehead atoms. The van der Waals surface area contributed by atoms with Gasteiger partial charge in [0.05, 0.1) is 11.7 Å². The maximum absolute atomic E-state index is 6.19. The molecule has 4 heteroatoms. The fourth-order valence-corrected chi connectivity index (χ4v) is 5.91. The lowest BCUT2D eigenvalue weighted by molar-refractivity contribution is -0.0898. The quantitative estimate of drug-likeness (QED) is 0.864. The van der Waals surface area contributed by atoms with E-state index in [2.05, 4.69) is 31.1 Å². The van der Waals surface area contributed by atoms with Crippen LogP contribution < -0.4 is 5.32 Å². The molecule has 0 aromatic carbocycles. The van der Waals surface area contributed by atoms with Crippen molar-refractivity contribution in [3.63, 3.8) is 0 Å². The summed E-state index contributed by atoms with van der Waals surface area (Å²) in [4.78, 5) is 0. The number of ether oxygens (including phenoxy) is 2. The monoisotopic (exact) mass is 299 g/mol. The van der Waals surface area contributed by atoms with Crippen LogP contribution in [0.15, 0.2) is 0 Å². The molecular weight excluding hydrogens is 270 g/mol. The van der Waals surface area contributed by atoms with Crippen LogP contribution in [0.2, 0.25) is 0 Å². The average molecular weight is 299 g/mol. The van der Waals surface area contributed by atoms with Gasteiger partial charge < -0.3 is 14.8 Å². The fraction of sp³-hybridized carbons (Fsp3) is 1.00. The first kappa shape index (κ1) is 15.1. The third-order valence-corrected chi connectivity index (χ3v) is 6.79. The lowest BCUT2D eigenvalue weighted by atomic mass is 9.75. The predicted molar refractivity (Wildman–Crippen MR) is 84.3 cm³/mol. The summed E-state index contributed by atoms with van der Waals surface area (Å²) < 4.78 is 12.1. The minimum absolute atomic E-state index is 0.198. The first-order chi connectivity index (χ1) is 9.78. The summed E-state index contributed by atoms with van der Waals surface area (Å²) >= 11 is 2.07. The van der Waals surface area contributed by atoms with Gasteiger partial charge in [-0.05, 0) is 50.8 Å². The van der Waals surface area contributed by atoms with E-state index in [1.54, 1.807) is 0 Å². The number of thioether (sulfide) groups is 1. The molecule has 3 heterocycles. The summed E-state index contributed by atoms with van der Waals surface area (Å²) in [6.45, 7) is 4.16. The average Bonchev–Trinajstić information content (AvgIpc) is 3.10. The Kier molecular flexibility index (Phi) is 4.96. The van der Waals surface area contributed by atoms with Gasteiger partial charge in [-0.3, -0.25) is 0 Å². The molecule has 3 saturated heterocycles. The molecule has 3 aliphatic rings. The molecule has 5 unspecified atom stereocenters. The molecule has 0 aromatic rings. The molecule has 5 atom stereocenters. The smallest absolute Gasteiger partial charge is 0.0783 e. The molecule has 1 N–H and O–H groups in total. The van der Waals surface area contributed by atoms with Crippen LogP contribution in [-0.4, -0.2) is 49.5 Å². The second-order valence-electron chi connectivity index (χ2n) is 6.67. The Bertz CT molecular complexity index is 320. The molecule has 3 fully saturated rings. The Hall–Kier alpha value is 0.230. The van der Waals surface area contributed by atoms with Crippen LogP contribution in [-0.2, 0) is 9.47 Å². The van der Waals surface area contributed by atoms with Crippen molar-refractivity contribution in [3.05, 3.63) is 0 Å². The first-order valence-corrected chi connectivity index (χ1v) is 9.44. The van der Waals surface area contributed by atoms with E-state index in [-0.39, 0.29) is 5.60 Å². The third-order valence-electron chi connectivity index (χ3n) is 5.56. The molecule has 0 aliphatic carbocycles. The summed E-state index contributed by atoms with van der Waals surface area (Å²) in [5, 5.41) is 3.64. The van der Waals surface area contributed by atoms with E-state index in [1.807, 2.05) is 0 Å². The van der Waals surface area contributed by atoms with Crippen LogP contribution in [0.4, 0.5) is 0 Å². The van der Waals surface area contributed by atoms with E-state index in [1.165, 1.54) is 37.2 Å². The maximum Gasteiger partial charge on any atom is 0.0783 e. The number of nitrogens with one attached hydrogen (secondary N) is 1. The van der Waals surface area contributed by atoms with Gasteiger partial charge in [0.25, 0.3) is 0 Å². The van der Waals surface area contributed by atoms with Crippen LogP contribution >= 0.6 is 11.8 Å². The Labute approximate surface area is 127 Å². The zero-order chi connectivity index (χ0) is 14.0. The minimum Gasteiger partial charge on any atom is -0.378 e. The fourth-order valence-electron chi connectivity index (χ4n) is 4.53. The van der Waals surface area contributed by atoms with Crippen molar-refractivity contribution in [1.29, 1.82) is 0 Å². The lowest BCUT2D eigenvalue weighted by Gasteiger charge is -2.43. The Morgan fingerprint density at radius 2 is 2.25 bits per heavy atom. The van der Waals surface area contributed by atoms with Gasteiger partial charge >= 0.3 is 0 Å². The molecule has 0 radical (unpaired) electrons. The molecule has 3 aliphatic heterocycles. The van der Waals surface area contributed by atoms with Crippen LogP contribution in [0.5, 0.6) is 0 Å². The molecule has 3 rings (SSSR count). The third kappa shape index (κ3) is 2.90. The number of rotatable bonds is 4. The van der Waals surface area contributed by atoms with Crippen LogP contribution in [0, 0.1) is 11.8 Å². The summed E-state index contributed by atoms with van der Waals surface area (Å²) in [6, 6.07) is 0.605. The summed E-state index contributed by atoms with van der Waals surface area (Å²) in [5.41, 5.74) is 0.198. The van der Waals surface area contributed by atoms with Crippen molar-refractivity contribution in [2.75, 3.05) is 31.8 Å². The zero-order valence-electron chi connectivity index (χ0n) is 12.9. The second-order valence-corrected chi connectivity index (χ2v) is 7.78. The largest absolute Gasteiger partial charge is 0.378 e. The van der Waals surface area contributed by atoms with Crippen molar-refractivity contribution in [2.24, 2.45) is 11.8 Å². The molecule has 3 nitrogen and oxygen atoms in total. The molecule has 116 valence electrons. The zero-order valence-corrected chi connectivity index (χ0v) is 13.7. The maximum atomic E-state index is 6.19. The van der Waals surface area contributed by atoms with E-state index in [0.717, 1.165) is 25.6 Å². The van der Waals surface area contributed by atoms with Crippen molar-refractivity contribution in [3.8, 4) is 0 Å². The highest BCUT2D eigenvalue weighted by atomic mass is 32.2. The van der Waals surface area contributed by atoms with Crippen molar-refractivity contribution >= 4 is 11.8 Å². The minimum atomic E-state index is 0.198. The Balaban J connectivity index is 1.69. The van der Waals surface area contributed by atoms with E-state index in [4.69, 9.17) is 9.47 Å². The Morgan fingerprint density at radius 3 is 2.95 bits per heavy atom. The van der Waals surface area contributed by atoms with Crippen LogP contribution in [0.25, 0.3) is 0 Å². The summed E-state index contributed by atoms with van der Waals surface area (Å²) in [7, 11) is 2.14. The molecule has 20 heavy (non-hydrogen) atoms. The Morgan fingerprint density at radius 1 is 1.35 bits per heavy atom. The highest BCUT2D eigenvalue weighted by Crippen LogP contribution is 2.43. The van der Waals surface area contributed by atoms with Crippen LogP contribution in [0.1, 0.15) is 39.0 Å². The van der Waals surface area contributed by atoms with Crippen molar-refractivity contribution < 1.29 is 9.47 Å². The molecule has 0 amide bonds. The second kappa shape index (κ2) is 6.55. The molecular formula is C16H29NO2S. The van der Waals surface area contributed by atoms with Gasteiger partial charge in [-0.15, -0.1) is 0 Å². The standard InChI is InChI=1S/C16H29NO2S/c1-3-14-13(5-7-18-14)15(17-2)12-4-8-19-16(10-12)6-9-20-11-16/h12-15,17H,3-11H2,1-2H3. The summed E-state index contributed by atoms with van der Waals surface area (Å²) in [5.74, 6) is 3.94. The van der Waals surface area contributed by atoms with Crippen molar-refractivity contribution in [2.45, 2.75) is 56.8 Å². The predicted octanol–water partition coefficient (Wildman–Crippen LogP) is 2.69. The van der Waals surface area contributed by atoms with Gasteiger partial charge in [-0.1, -0.05) is 6.92 Å². The highest BCUT2D eigenvalue weighted by Gasteiger charge is 2.45. The van der Waals surface area contributed by atoms with Gasteiger partial charge in [0.2, 0.25) is 0 Å². The number of hydrogen-bond donors (Lipinski definition) is 1. The van der Waals surface area contributed by atoms with E-state index in [0.29, 0.717) is 18.1 Å². The van der Waals surface area contributed by atoms with E-state index >= 15 is 0 Å². The van der Waals surface area contributed by atoms with E-state index < -0.39 is 0 Å². The normalized spacial score (nSPS) is 43.2. The van der Waals surface area contributed by atoms with Crippen LogP contribution in [0.3, 0.4) is 0 Å².